The quantitative estimate of drug-likeness (QED) is 0.719. The molecule has 0 heterocycles. The van der Waals surface area contributed by atoms with Gasteiger partial charge in [0.1, 0.15) is 0 Å². The Morgan fingerprint density at radius 3 is 2.35 bits per heavy atom. The first-order valence-corrected chi connectivity index (χ1v) is 4.53. The minimum Gasteiger partial charge on any atom is -0.504 e. The van der Waals surface area contributed by atoms with E-state index in [1.807, 2.05) is 0 Å². The number of para-hydroxylation sites is 1. The SMILES string of the molecule is O=C(O)CC(c1cccc(O)c1O)C(F)(F)F. The second-order valence-corrected chi connectivity index (χ2v) is 3.41. The lowest BCUT2D eigenvalue weighted by molar-refractivity contribution is -0.163. The summed E-state index contributed by atoms with van der Waals surface area (Å²) in [6.45, 7) is 0. The number of aromatic hydroxyl groups is 2. The molecule has 1 unspecified atom stereocenters. The molecule has 1 atom stereocenters. The molecule has 0 saturated carbocycles. The number of phenols is 2. The van der Waals surface area contributed by atoms with Gasteiger partial charge >= 0.3 is 12.1 Å². The highest BCUT2D eigenvalue weighted by molar-refractivity contribution is 5.68. The lowest BCUT2D eigenvalue weighted by Crippen LogP contribution is -2.23. The smallest absolute Gasteiger partial charge is 0.396 e. The number of carbonyl (C=O) groups is 1. The number of carboxylic acid groups (broad SMARTS) is 1. The minimum absolute atomic E-state index is 0.653. The third-order valence-electron chi connectivity index (χ3n) is 2.20. The number of aliphatic carboxylic acids is 1. The van der Waals surface area contributed by atoms with E-state index < -0.39 is 41.5 Å². The van der Waals surface area contributed by atoms with Gasteiger partial charge in [0.15, 0.2) is 11.5 Å². The first-order valence-electron chi connectivity index (χ1n) is 4.53. The molecule has 0 spiro atoms. The normalized spacial score (nSPS) is 13.4. The topological polar surface area (TPSA) is 77.8 Å². The van der Waals surface area contributed by atoms with Gasteiger partial charge < -0.3 is 15.3 Å². The maximum atomic E-state index is 12.6. The Morgan fingerprint density at radius 1 is 1.29 bits per heavy atom. The van der Waals surface area contributed by atoms with Crippen LogP contribution < -0.4 is 0 Å². The number of hydrogen-bond donors (Lipinski definition) is 3. The maximum absolute atomic E-state index is 12.6. The van der Waals surface area contributed by atoms with Gasteiger partial charge in [0.2, 0.25) is 0 Å². The van der Waals surface area contributed by atoms with E-state index in [9.17, 15) is 23.1 Å². The van der Waals surface area contributed by atoms with Crippen molar-refractivity contribution in [2.45, 2.75) is 18.5 Å². The van der Waals surface area contributed by atoms with Gasteiger partial charge in [-0.25, -0.2) is 0 Å². The third-order valence-corrected chi connectivity index (χ3v) is 2.20. The van der Waals surface area contributed by atoms with Gasteiger partial charge in [-0.3, -0.25) is 4.79 Å². The van der Waals surface area contributed by atoms with Gasteiger partial charge in [0.25, 0.3) is 0 Å². The Balaban J connectivity index is 3.22. The van der Waals surface area contributed by atoms with Crippen molar-refractivity contribution in [1.29, 1.82) is 0 Å². The molecule has 94 valence electrons. The molecular weight excluding hydrogens is 241 g/mol. The van der Waals surface area contributed by atoms with Crippen LogP contribution in [0.25, 0.3) is 0 Å². The van der Waals surface area contributed by atoms with E-state index in [2.05, 4.69) is 0 Å². The van der Waals surface area contributed by atoms with E-state index >= 15 is 0 Å². The molecule has 0 aromatic heterocycles. The average Bonchev–Trinajstić information content (AvgIpc) is 2.17. The van der Waals surface area contributed by atoms with E-state index in [1.54, 1.807) is 0 Å². The van der Waals surface area contributed by atoms with Crippen LogP contribution in [0.15, 0.2) is 18.2 Å². The first kappa shape index (κ1) is 13.1. The van der Waals surface area contributed by atoms with Crippen molar-refractivity contribution in [2.24, 2.45) is 0 Å². The molecule has 7 heteroatoms. The summed E-state index contributed by atoms with van der Waals surface area (Å²) in [4.78, 5) is 10.4. The fourth-order valence-corrected chi connectivity index (χ4v) is 1.41. The Hall–Kier alpha value is -1.92. The van der Waals surface area contributed by atoms with Crippen LogP contribution >= 0.6 is 0 Å². The molecule has 1 rings (SSSR count). The van der Waals surface area contributed by atoms with E-state index in [1.165, 1.54) is 0 Å². The van der Waals surface area contributed by atoms with Crippen molar-refractivity contribution in [3.63, 3.8) is 0 Å². The van der Waals surface area contributed by atoms with Crippen molar-refractivity contribution in [3.8, 4) is 11.5 Å². The fraction of sp³-hybridized carbons (Fsp3) is 0.300. The zero-order chi connectivity index (χ0) is 13.2. The highest BCUT2D eigenvalue weighted by Crippen LogP contribution is 2.43. The molecule has 0 aliphatic heterocycles. The molecule has 0 amide bonds. The Bertz CT molecular complexity index is 428. The monoisotopic (exact) mass is 250 g/mol. The molecule has 0 aliphatic rings. The maximum Gasteiger partial charge on any atom is 0.396 e. The third kappa shape index (κ3) is 3.02. The van der Waals surface area contributed by atoms with E-state index in [0.29, 0.717) is 0 Å². The number of benzene rings is 1. The van der Waals surface area contributed by atoms with Gasteiger partial charge in [0, 0.05) is 5.56 Å². The molecule has 1 aromatic carbocycles. The van der Waals surface area contributed by atoms with Crippen molar-refractivity contribution in [3.05, 3.63) is 23.8 Å². The van der Waals surface area contributed by atoms with E-state index in [-0.39, 0.29) is 0 Å². The molecule has 0 bridgehead atoms. The molecule has 0 aliphatic carbocycles. The lowest BCUT2D eigenvalue weighted by atomic mass is 9.94. The summed E-state index contributed by atoms with van der Waals surface area (Å²) in [7, 11) is 0. The predicted octanol–water partition coefficient (Wildman–Crippen LogP) is 2.22. The second kappa shape index (κ2) is 4.52. The van der Waals surface area contributed by atoms with Gasteiger partial charge in [-0.1, -0.05) is 12.1 Å². The average molecular weight is 250 g/mol. The van der Waals surface area contributed by atoms with Crippen LogP contribution in [-0.4, -0.2) is 27.5 Å². The first-order chi connectivity index (χ1) is 7.73. The van der Waals surface area contributed by atoms with Crippen LogP contribution in [0.1, 0.15) is 17.9 Å². The van der Waals surface area contributed by atoms with Crippen LogP contribution in [0.3, 0.4) is 0 Å². The summed E-state index contributed by atoms with van der Waals surface area (Å²) in [5.74, 6) is -5.67. The van der Waals surface area contributed by atoms with Crippen molar-refractivity contribution >= 4 is 5.97 Å². The van der Waals surface area contributed by atoms with Crippen molar-refractivity contribution < 1.29 is 33.3 Å². The number of carboxylic acids is 1. The fourth-order valence-electron chi connectivity index (χ4n) is 1.41. The molecule has 17 heavy (non-hydrogen) atoms. The Morgan fingerprint density at radius 2 is 1.88 bits per heavy atom. The van der Waals surface area contributed by atoms with E-state index in [4.69, 9.17) is 10.2 Å². The lowest BCUT2D eigenvalue weighted by Gasteiger charge is -2.20. The number of alkyl halides is 3. The molecule has 4 nitrogen and oxygen atoms in total. The van der Waals surface area contributed by atoms with Gasteiger partial charge in [-0.2, -0.15) is 13.2 Å². The molecule has 0 saturated heterocycles. The summed E-state index contributed by atoms with van der Waals surface area (Å²) in [5, 5.41) is 26.8. The molecule has 3 N–H and O–H groups in total. The summed E-state index contributed by atoms with van der Waals surface area (Å²) < 4.78 is 37.9. The van der Waals surface area contributed by atoms with Crippen LogP contribution in [0.5, 0.6) is 11.5 Å². The number of halogens is 3. The van der Waals surface area contributed by atoms with Crippen molar-refractivity contribution in [1.82, 2.24) is 0 Å². The highest BCUT2D eigenvalue weighted by atomic mass is 19.4. The van der Waals surface area contributed by atoms with Crippen LogP contribution in [0.4, 0.5) is 13.2 Å². The standard InChI is InChI=1S/C10H9F3O4/c11-10(12,13)6(4-8(15)16)5-2-1-3-7(14)9(5)17/h1-3,6,14,17H,4H2,(H,15,16). The van der Waals surface area contributed by atoms with Crippen molar-refractivity contribution in [2.75, 3.05) is 0 Å². The zero-order valence-corrected chi connectivity index (χ0v) is 8.40. The van der Waals surface area contributed by atoms with Crippen LogP contribution in [-0.2, 0) is 4.79 Å². The van der Waals surface area contributed by atoms with Crippen LogP contribution in [0, 0.1) is 0 Å². The summed E-state index contributed by atoms with van der Waals surface area (Å²) in [6.07, 6.45) is -6.02. The highest BCUT2D eigenvalue weighted by Gasteiger charge is 2.43. The summed E-state index contributed by atoms with van der Waals surface area (Å²) >= 11 is 0. The van der Waals surface area contributed by atoms with Gasteiger partial charge in [0.05, 0.1) is 12.3 Å². The van der Waals surface area contributed by atoms with E-state index in [0.717, 1.165) is 18.2 Å². The summed E-state index contributed by atoms with van der Waals surface area (Å²) in [5.41, 5.74) is -0.653. The number of rotatable bonds is 3. The number of hydrogen-bond acceptors (Lipinski definition) is 3. The molecule has 0 fully saturated rings. The molecule has 0 radical (unpaired) electrons. The number of phenolic OH excluding ortho intramolecular Hbond substituents is 2. The largest absolute Gasteiger partial charge is 0.504 e. The van der Waals surface area contributed by atoms with Gasteiger partial charge in [-0.15, -0.1) is 0 Å². The van der Waals surface area contributed by atoms with Crippen LogP contribution in [0.2, 0.25) is 0 Å². The summed E-state index contributed by atoms with van der Waals surface area (Å²) in [6, 6.07) is 3.04. The Kier molecular flexibility index (Phi) is 3.50. The minimum atomic E-state index is -4.82. The second-order valence-electron chi connectivity index (χ2n) is 3.41. The Labute approximate surface area is 93.9 Å². The predicted molar refractivity (Wildman–Crippen MR) is 50.8 cm³/mol. The molecular formula is C10H9F3O4. The molecule has 1 aromatic rings. The zero-order valence-electron chi connectivity index (χ0n) is 8.40. The van der Waals surface area contributed by atoms with Gasteiger partial charge in [-0.05, 0) is 6.07 Å².